The Morgan fingerprint density at radius 2 is 2.24 bits per heavy atom. The van der Waals surface area contributed by atoms with E-state index in [0.29, 0.717) is 18.6 Å². The van der Waals surface area contributed by atoms with Crippen LogP contribution in [0.2, 0.25) is 0 Å². The first-order valence-electron chi connectivity index (χ1n) is 5.72. The van der Waals surface area contributed by atoms with Crippen molar-refractivity contribution in [2.75, 3.05) is 12.0 Å². The molecule has 1 heterocycles. The van der Waals surface area contributed by atoms with Crippen molar-refractivity contribution < 1.29 is 19.4 Å². The Balaban J connectivity index is 2.43. The van der Waals surface area contributed by atoms with Gasteiger partial charge >= 0.3 is 5.97 Å². The number of carboxylic acid groups (broad SMARTS) is 1. The van der Waals surface area contributed by atoms with Crippen LogP contribution in [-0.4, -0.2) is 47.2 Å². The monoisotopic (exact) mass is 261 g/mol. The van der Waals surface area contributed by atoms with Crippen molar-refractivity contribution in [1.29, 1.82) is 0 Å². The van der Waals surface area contributed by atoms with Crippen LogP contribution in [0.3, 0.4) is 0 Å². The summed E-state index contributed by atoms with van der Waals surface area (Å²) < 4.78 is 5.40. The van der Waals surface area contributed by atoms with Gasteiger partial charge < -0.3 is 15.2 Å². The fourth-order valence-electron chi connectivity index (χ4n) is 1.75. The third-order valence-electron chi connectivity index (χ3n) is 2.75. The van der Waals surface area contributed by atoms with Gasteiger partial charge in [-0.05, 0) is 38.2 Å². The molecule has 3 atom stereocenters. The van der Waals surface area contributed by atoms with Crippen molar-refractivity contribution in [3.8, 4) is 0 Å². The van der Waals surface area contributed by atoms with Gasteiger partial charge in [-0.25, -0.2) is 4.79 Å². The number of amides is 1. The van der Waals surface area contributed by atoms with Crippen LogP contribution in [0.25, 0.3) is 0 Å². The molecule has 98 valence electrons. The molecule has 1 rings (SSSR count). The summed E-state index contributed by atoms with van der Waals surface area (Å²) in [5.41, 5.74) is 0. The lowest BCUT2D eigenvalue weighted by atomic mass is 10.1. The molecule has 0 aliphatic carbocycles. The molecule has 0 bridgehead atoms. The Morgan fingerprint density at radius 1 is 1.53 bits per heavy atom. The lowest BCUT2D eigenvalue weighted by Gasteiger charge is -2.17. The zero-order chi connectivity index (χ0) is 12.8. The third kappa shape index (κ3) is 4.55. The van der Waals surface area contributed by atoms with Crippen LogP contribution in [0.1, 0.15) is 26.2 Å². The number of thioether (sulfide) groups is 1. The minimum Gasteiger partial charge on any atom is -0.480 e. The summed E-state index contributed by atoms with van der Waals surface area (Å²) in [6, 6.07) is -0.811. The highest BCUT2D eigenvalue weighted by atomic mass is 32.2. The number of hydrogen-bond donors (Lipinski definition) is 2. The predicted octanol–water partition coefficient (Wildman–Crippen LogP) is 0.876. The molecular weight excluding hydrogens is 242 g/mol. The summed E-state index contributed by atoms with van der Waals surface area (Å²) in [5, 5.41) is 11.5. The molecule has 0 spiro atoms. The molecule has 1 saturated heterocycles. The number of carbonyl (C=O) groups excluding carboxylic acids is 1. The van der Waals surface area contributed by atoms with Crippen molar-refractivity contribution in [2.24, 2.45) is 0 Å². The molecule has 1 aliphatic rings. The molecule has 0 aromatic carbocycles. The average Bonchev–Trinajstić information content (AvgIpc) is 2.70. The van der Waals surface area contributed by atoms with Crippen LogP contribution in [0, 0.1) is 0 Å². The zero-order valence-electron chi connectivity index (χ0n) is 10.1. The van der Waals surface area contributed by atoms with Gasteiger partial charge in [0.1, 0.15) is 12.1 Å². The summed E-state index contributed by atoms with van der Waals surface area (Å²) in [4.78, 5) is 22.7. The standard InChI is InChI=1S/C11H19NO4S/c1-7-3-4-9(16-7)10(13)12-8(11(14)15)5-6-17-2/h7-9H,3-6H2,1-2H3,(H,12,13)(H,14,15). The van der Waals surface area contributed by atoms with E-state index in [4.69, 9.17) is 9.84 Å². The second-order valence-electron chi connectivity index (χ2n) is 4.19. The van der Waals surface area contributed by atoms with Crippen LogP contribution in [0.4, 0.5) is 0 Å². The molecule has 17 heavy (non-hydrogen) atoms. The summed E-state index contributed by atoms with van der Waals surface area (Å²) in [6.07, 6.45) is 3.46. The Bertz CT molecular complexity index is 285. The maximum atomic E-state index is 11.8. The number of rotatable bonds is 6. The molecule has 5 nitrogen and oxygen atoms in total. The van der Waals surface area contributed by atoms with Crippen molar-refractivity contribution in [3.05, 3.63) is 0 Å². The molecule has 0 aromatic heterocycles. The highest BCUT2D eigenvalue weighted by molar-refractivity contribution is 7.98. The predicted molar refractivity (Wildman–Crippen MR) is 66.1 cm³/mol. The molecule has 1 aliphatic heterocycles. The van der Waals surface area contributed by atoms with Crippen molar-refractivity contribution in [1.82, 2.24) is 5.32 Å². The average molecular weight is 261 g/mol. The van der Waals surface area contributed by atoms with E-state index in [9.17, 15) is 9.59 Å². The maximum Gasteiger partial charge on any atom is 0.326 e. The van der Waals surface area contributed by atoms with Gasteiger partial charge in [0.2, 0.25) is 5.91 Å². The van der Waals surface area contributed by atoms with E-state index in [1.54, 1.807) is 11.8 Å². The molecule has 6 heteroatoms. The largest absolute Gasteiger partial charge is 0.480 e. The van der Waals surface area contributed by atoms with Gasteiger partial charge in [-0.1, -0.05) is 0 Å². The number of carboxylic acids is 1. The second-order valence-corrected chi connectivity index (χ2v) is 5.18. The molecule has 3 unspecified atom stereocenters. The van der Waals surface area contributed by atoms with Gasteiger partial charge in [0.05, 0.1) is 6.10 Å². The lowest BCUT2D eigenvalue weighted by Crippen LogP contribution is -2.45. The molecule has 2 N–H and O–H groups in total. The number of aliphatic carboxylic acids is 1. The number of nitrogens with one attached hydrogen (secondary N) is 1. The Hall–Kier alpha value is -0.750. The van der Waals surface area contributed by atoms with Gasteiger partial charge in [0, 0.05) is 0 Å². The van der Waals surface area contributed by atoms with Gasteiger partial charge in [0.25, 0.3) is 0 Å². The molecular formula is C11H19NO4S. The van der Waals surface area contributed by atoms with Crippen LogP contribution in [0.5, 0.6) is 0 Å². The zero-order valence-corrected chi connectivity index (χ0v) is 11.0. The fraction of sp³-hybridized carbons (Fsp3) is 0.818. The van der Waals surface area contributed by atoms with Crippen LogP contribution in [-0.2, 0) is 14.3 Å². The number of hydrogen-bond acceptors (Lipinski definition) is 4. The smallest absolute Gasteiger partial charge is 0.326 e. The van der Waals surface area contributed by atoms with E-state index in [1.165, 1.54) is 0 Å². The van der Waals surface area contributed by atoms with Gasteiger partial charge in [-0.2, -0.15) is 11.8 Å². The summed E-state index contributed by atoms with van der Waals surface area (Å²) in [5.74, 6) is -0.583. The van der Waals surface area contributed by atoms with Crippen LogP contribution >= 0.6 is 11.8 Å². The lowest BCUT2D eigenvalue weighted by molar-refractivity contribution is -0.144. The van der Waals surface area contributed by atoms with Crippen molar-refractivity contribution >= 4 is 23.6 Å². The minimum atomic E-state index is -0.988. The molecule has 1 fully saturated rings. The van der Waals surface area contributed by atoms with E-state index in [-0.39, 0.29) is 12.0 Å². The molecule has 0 aromatic rings. The van der Waals surface area contributed by atoms with E-state index in [2.05, 4.69) is 5.32 Å². The highest BCUT2D eigenvalue weighted by Crippen LogP contribution is 2.19. The van der Waals surface area contributed by atoms with Gasteiger partial charge in [0.15, 0.2) is 0 Å². The summed E-state index contributed by atoms with van der Waals surface area (Å²) in [7, 11) is 0. The highest BCUT2D eigenvalue weighted by Gasteiger charge is 2.30. The number of carbonyl (C=O) groups is 2. The van der Waals surface area contributed by atoms with E-state index in [1.807, 2.05) is 13.2 Å². The fourth-order valence-corrected chi connectivity index (χ4v) is 2.22. The first-order chi connectivity index (χ1) is 8.04. The first kappa shape index (κ1) is 14.3. The normalized spacial score (nSPS) is 25.5. The maximum absolute atomic E-state index is 11.8. The van der Waals surface area contributed by atoms with Crippen molar-refractivity contribution in [3.63, 3.8) is 0 Å². The Labute approximate surface area is 105 Å². The van der Waals surface area contributed by atoms with Gasteiger partial charge in [-0.15, -0.1) is 0 Å². The van der Waals surface area contributed by atoms with Gasteiger partial charge in [-0.3, -0.25) is 4.79 Å². The van der Waals surface area contributed by atoms with E-state index in [0.717, 1.165) is 6.42 Å². The molecule has 1 amide bonds. The molecule has 0 radical (unpaired) electrons. The molecule has 0 saturated carbocycles. The Kier molecular flexibility index (Phi) is 5.77. The van der Waals surface area contributed by atoms with Crippen LogP contribution < -0.4 is 5.32 Å². The van der Waals surface area contributed by atoms with Crippen LogP contribution in [0.15, 0.2) is 0 Å². The quantitative estimate of drug-likeness (QED) is 0.742. The summed E-state index contributed by atoms with van der Waals surface area (Å²) in [6.45, 7) is 1.91. The first-order valence-corrected chi connectivity index (χ1v) is 7.11. The Morgan fingerprint density at radius 3 is 2.71 bits per heavy atom. The minimum absolute atomic E-state index is 0.0835. The van der Waals surface area contributed by atoms with Crippen molar-refractivity contribution in [2.45, 2.75) is 44.4 Å². The van der Waals surface area contributed by atoms with E-state index >= 15 is 0 Å². The van der Waals surface area contributed by atoms with E-state index < -0.39 is 18.1 Å². The SMILES string of the molecule is CSCCC(NC(=O)C1CCC(C)O1)C(=O)O. The summed E-state index contributed by atoms with van der Waals surface area (Å²) >= 11 is 1.56. The second kappa shape index (κ2) is 6.86. The third-order valence-corrected chi connectivity index (χ3v) is 3.39. The number of ether oxygens (including phenoxy) is 1. The topological polar surface area (TPSA) is 75.6 Å².